The van der Waals surface area contributed by atoms with Crippen molar-refractivity contribution in [1.82, 2.24) is 0 Å². The maximum atomic E-state index is 10.2. The largest absolute Gasteiger partial charge is 0.511 e. The first-order valence-electron chi connectivity index (χ1n) is 3.27. The zero-order valence-corrected chi connectivity index (χ0v) is 6.95. The van der Waals surface area contributed by atoms with Crippen LogP contribution in [0.2, 0.25) is 0 Å². The summed E-state index contributed by atoms with van der Waals surface area (Å²) in [6, 6.07) is 0. The van der Waals surface area contributed by atoms with Crippen LogP contribution in [0.1, 0.15) is 6.92 Å². The average molecular weight is 209 g/mol. The van der Waals surface area contributed by atoms with E-state index >= 15 is 0 Å². The van der Waals surface area contributed by atoms with Gasteiger partial charge in [-0.05, 0) is 6.92 Å². The molecular formula is C5H7NO8. The van der Waals surface area contributed by atoms with Crippen molar-refractivity contribution >= 4 is 12.3 Å². The lowest BCUT2D eigenvalue weighted by atomic mass is 10.3. The number of carboxylic acid groups (broad SMARTS) is 2. The maximum absolute atomic E-state index is 10.2. The number of rotatable bonds is 4. The Balaban J connectivity index is 4.40. The van der Waals surface area contributed by atoms with E-state index in [0.29, 0.717) is 0 Å². The third-order valence-corrected chi connectivity index (χ3v) is 1.12. The lowest BCUT2D eigenvalue weighted by molar-refractivity contribution is -0.578. The van der Waals surface area contributed by atoms with Crippen molar-refractivity contribution in [1.29, 1.82) is 0 Å². The minimum Gasteiger partial charge on any atom is -0.450 e. The smallest absolute Gasteiger partial charge is 0.450 e. The Kier molecular flexibility index (Phi) is 4.13. The second-order valence-corrected chi connectivity index (χ2v) is 2.15. The van der Waals surface area contributed by atoms with Gasteiger partial charge in [0.1, 0.15) is 0 Å². The fraction of sp³-hybridized carbons (Fsp3) is 0.600. The number of carbonyl (C=O) groups is 2. The van der Waals surface area contributed by atoms with E-state index in [4.69, 9.17) is 10.2 Å². The van der Waals surface area contributed by atoms with Crippen LogP contribution in [0, 0.1) is 10.1 Å². The number of hydrogen-bond donors (Lipinski definition) is 2. The van der Waals surface area contributed by atoms with Crippen molar-refractivity contribution in [2.45, 2.75) is 19.3 Å². The van der Waals surface area contributed by atoms with Crippen LogP contribution in [0.3, 0.4) is 0 Å². The molecule has 0 aromatic carbocycles. The number of nitrogens with zero attached hydrogens (tertiary/aromatic N) is 1. The molecular weight excluding hydrogens is 202 g/mol. The molecule has 2 atom stereocenters. The Morgan fingerprint density at radius 1 is 1.29 bits per heavy atom. The number of ether oxygens (including phenoxy) is 2. The summed E-state index contributed by atoms with van der Waals surface area (Å²) in [5.41, 5.74) is 0. The van der Waals surface area contributed by atoms with E-state index in [9.17, 15) is 19.7 Å². The molecule has 0 amide bonds. The highest BCUT2D eigenvalue weighted by Gasteiger charge is 2.35. The molecule has 0 saturated heterocycles. The average Bonchev–Trinajstić information content (AvgIpc) is 1.97. The highest BCUT2D eigenvalue weighted by molar-refractivity contribution is 5.58. The van der Waals surface area contributed by atoms with Crippen molar-refractivity contribution < 1.29 is 34.2 Å². The topological polar surface area (TPSA) is 136 Å². The molecule has 0 rings (SSSR count). The Hall–Kier alpha value is -2.06. The van der Waals surface area contributed by atoms with Gasteiger partial charge in [-0.1, -0.05) is 0 Å². The highest BCUT2D eigenvalue weighted by Crippen LogP contribution is 2.05. The molecule has 0 bridgehead atoms. The van der Waals surface area contributed by atoms with Crippen LogP contribution in [0.4, 0.5) is 9.59 Å². The fourth-order valence-electron chi connectivity index (χ4n) is 0.631. The van der Waals surface area contributed by atoms with E-state index < -0.39 is 29.6 Å². The SMILES string of the molecule is CC(OC(=O)O)C(OC(=O)O)[N+](=O)[O-]. The molecule has 0 aromatic heterocycles. The standard InChI is InChI=1S/C5H7NO8/c1-2(13-4(7)8)3(6(11)12)14-5(9)10/h2-3H,1H3,(H,7,8)(H,9,10). The normalized spacial score (nSPS) is 13.8. The van der Waals surface area contributed by atoms with Gasteiger partial charge in [-0.25, -0.2) is 9.59 Å². The number of nitro groups is 1. The molecule has 2 N–H and O–H groups in total. The van der Waals surface area contributed by atoms with Gasteiger partial charge in [0, 0.05) is 0 Å². The van der Waals surface area contributed by atoms with Crippen molar-refractivity contribution in [3.05, 3.63) is 10.1 Å². The molecule has 0 aliphatic carbocycles. The van der Waals surface area contributed by atoms with Crippen LogP contribution in [0.15, 0.2) is 0 Å². The molecule has 80 valence electrons. The second kappa shape index (κ2) is 4.84. The Morgan fingerprint density at radius 3 is 2.00 bits per heavy atom. The summed E-state index contributed by atoms with van der Waals surface area (Å²) in [5, 5.41) is 26.4. The Morgan fingerprint density at radius 2 is 1.71 bits per heavy atom. The Bertz CT molecular complexity index is 250. The van der Waals surface area contributed by atoms with Crippen LogP contribution in [0.5, 0.6) is 0 Å². The van der Waals surface area contributed by atoms with E-state index in [1.54, 1.807) is 0 Å². The van der Waals surface area contributed by atoms with E-state index in [1.807, 2.05) is 0 Å². The van der Waals surface area contributed by atoms with Gasteiger partial charge >= 0.3 is 18.5 Å². The van der Waals surface area contributed by atoms with Crippen molar-refractivity contribution in [2.24, 2.45) is 0 Å². The summed E-state index contributed by atoms with van der Waals surface area (Å²) in [5.74, 6) is 0. The zero-order valence-electron chi connectivity index (χ0n) is 6.95. The third-order valence-electron chi connectivity index (χ3n) is 1.12. The first kappa shape index (κ1) is 11.9. The van der Waals surface area contributed by atoms with E-state index in [2.05, 4.69) is 9.47 Å². The minimum atomic E-state index is -2.07. The van der Waals surface area contributed by atoms with Crippen molar-refractivity contribution in [2.75, 3.05) is 0 Å². The first-order valence-corrected chi connectivity index (χ1v) is 3.27. The van der Waals surface area contributed by atoms with Crippen LogP contribution < -0.4 is 0 Å². The van der Waals surface area contributed by atoms with E-state index in [0.717, 1.165) is 6.92 Å². The summed E-state index contributed by atoms with van der Waals surface area (Å²) in [7, 11) is 0. The minimum absolute atomic E-state index is 1.00. The second-order valence-electron chi connectivity index (χ2n) is 2.15. The van der Waals surface area contributed by atoms with Crippen LogP contribution >= 0.6 is 0 Å². The number of hydrogen-bond acceptors (Lipinski definition) is 6. The van der Waals surface area contributed by atoms with E-state index in [1.165, 1.54) is 0 Å². The third kappa shape index (κ3) is 4.09. The summed E-state index contributed by atoms with van der Waals surface area (Å²) < 4.78 is 7.76. The molecule has 0 aromatic rings. The highest BCUT2D eigenvalue weighted by atomic mass is 16.7. The van der Waals surface area contributed by atoms with Gasteiger partial charge < -0.3 is 19.7 Å². The molecule has 0 spiro atoms. The van der Waals surface area contributed by atoms with Crippen LogP contribution in [-0.4, -0.2) is 39.8 Å². The predicted molar refractivity (Wildman–Crippen MR) is 38.5 cm³/mol. The van der Waals surface area contributed by atoms with Gasteiger partial charge in [0.15, 0.2) is 0 Å². The van der Waals surface area contributed by atoms with Gasteiger partial charge in [0.25, 0.3) is 0 Å². The molecule has 0 fully saturated rings. The first-order chi connectivity index (χ1) is 6.34. The van der Waals surface area contributed by atoms with Gasteiger partial charge in [0.2, 0.25) is 6.10 Å². The summed E-state index contributed by atoms with van der Waals surface area (Å²) in [6.07, 6.45) is -7.21. The Labute approximate surface area is 77.0 Å². The molecule has 9 nitrogen and oxygen atoms in total. The van der Waals surface area contributed by atoms with Crippen molar-refractivity contribution in [3.8, 4) is 0 Å². The van der Waals surface area contributed by atoms with Gasteiger partial charge in [-0.15, -0.1) is 0 Å². The van der Waals surface area contributed by atoms with Crippen molar-refractivity contribution in [3.63, 3.8) is 0 Å². The molecule has 0 saturated carbocycles. The predicted octanol–water partition coefficient (Wildman–Crippen LogP) is 0.367. The molecule has 0 radical (unpaired) electrons. The quantitative estimate of drug-likeness (QED) is 0.293. The van der Waals surface area contributed by atoms with Gasteiger partial charge in [-0.2, -0.15) is 0 Å². The molecule has 0 aliphatic rings. The monoisotopic (exact) mass is 209 g/mol. The molecule has 0 aliphatic heterocycles. The van der Waals surface area contributed by atoms with Crippen LogP contribution in [0.25, 0.3) is 0 Å². The lowest BCUT2D eigenvalue weighted by Crippen LogP contribution is -2.38. The zero-order chi connectivity index (χ0) is 11.3. The summed E-state index contributed by atoms with van der Waals surface area (Å²) in [6.45, 7) is 1.00. The summed E-state index contributed by atoms with van der Waals surface area (Å²) >= 11 is 0. The molecule has 0 heterocycles. The van der Waals surface area contributed by atoms with Crippen LogP contribution in [-0.2, 0) is 9.47 Å². The summed E-state index contributed by atoms with van der Waals surface area (Å²) in [4.78, 5) is 29.1. The van der Waals surface area contributed by atoms with Gasteiger partial charge in [0.05, 0.1) is 4.92 Å². The lowest BCUT2D eigenvalue weighted by Gasteiger charge is -2.13. The molecule has 2 unspecified atom stereocenters. The fourth-order valence-corrected chi connectivity index (χ4v) is 0.631. The van der Waals surface area contributed by atoms with E-state index in [-0.39, 0.29) is 0 Å². The van der Waals surface area contributed by atoms with Gasteiger partial charge in [-0.3, -0.25) is 10.1 Å². The molecule has 14 heavy (non-hydrogen) atoms. The molecule has 9 heteroatoms. The maximum Gasteiger partial charge on any atom is 0.511 e.